The Labute approximate surface area is 120 Å². The van der Waals surface area contributed by atoms with Crippen LogP contribution < -0.4 is 5.32 Å². The van der Waals surface area contributed by atoms with Gasteiger partial charge in [0.25, 0.3) is 5.91 Å². The highest BCUT2D eigenvalue weighted by atomic mass is 32.1. The van der Waals surface area contributed by atoms with E-state index in [0.717, 1.165) is 29.4 Å². The first kappa shape index (κ1) is 12.8. The lowest BCUT2D eigenvalue weighted by Gasteiger charge is -2.22. The van der Waals surface area contributed by atoms with Gasteiger partial charge in [-0.25, -0.2) is 4.98 Å². The van der Waals surface area contributed by atoms with Crippen molar-refractivity contribution >= 4 is 28.6 Å². The number of hydrogen-bond acceptors (Lipinski definition) is 5. The summed E-state index contributed by atoms with van der Waals surface area (Å²) in [6.07, 6.45) is 1.02. The minimum atomic E-state index is 0.0211. The zero-order valence-electron chi connectivity index (χ0n) is 10.6. The SMILES string of the molecule is CN(C(=O)c1csc(-c2cccs2)n1)C1CCNC1. The molecule has 1 unspecified atom stereocenters. The Bertz CT molecular complexity index is 558. The number of nitrogens with one attached hydrogen (secondary N) is 1. The topological polar surface area (TPSA) is 45.2 Å². The van der Waals surface area contributed by atoms with E-state index >= 15 is 0 Å². The van der Waals surface area contributed by atoms with E-state index in [1.807, 2.05) is 34.8 Å². The average Bonchev–Trinajstić information content (AvgIpc) is 3.16. The minimum absolute atomic E-state index is 0.0211. The average molecular weight is 293 g/mol. The first-order valence-electron chi connectivity index (χ1n) is 6.23. The Hall–Kier alpha value is -1.24. The molecule has 3 rings (SSSR count). The fraction of sp³-hybridized carbons (Fsp3) is 0.385. The van der Waals surface area contributed by atoms with Gasteiger partial charge in [0, 0.05) is 25.0 Å². The van der Waals surface area contributed by atoms with E-state index < -0.39 is 0 Å². The molecule has 2 aromatic rings. The van der Waals surface area contributed by atoms with E-state index in [1.165, 1.54) is 11.3 Å². The first-order valence-corrected chi connectivity index (χ1v) is 7.99. The summed E-state index contributed by atoms with van der Waals surface area (Å²) in [5, 5.41) is 8.08. The molecule has 1 N–H and O–H groups in total. The van der Waals surface area contributed by atoms with E-state index in [0.29, 0.717) is 11.7 Å². The fourth-order valence-electron chi connectivity index (χ4n) is 2.20. The lowest BCUT2D eigenvalue weighted by Crippen LogP contribution is -2.38. The molecule has 0 aromatic carbocycles. The van der Waals surface area contributed by atoms with Crippen LogP contribution in [0, 0.1) is 0 Å². The Morgan fingerprint density at radius 2 is 2.42 bits per heavy atom. The molecule has 1 atom stereocenters. The summed E-state index contributed by atoms with van der Waals surface area (Å²) in [5.74, 6) is 0.0211. The zero-order valence-corrected chi connectivity index (χ0v) is 12.3. The summed E-state index contributed by atoms with van der Waals surface area (Å²) in [7, 11) is 1.87. The van der Waals surface area contributed by atoms with E-state index in [2.05, 4.69) is 10.3 Å². The lowest BCUT2D eigenvalue weighted by atomic mass is 10.2. The normalized spacial score (nSPS) is 18.7. The van der Waals surface area contributed by atoms with Gasteiger partial charge in [0.2, 0.25) is 0 Å². The van der Waals surface area contributed by atoms with Crippen molar-refractivity contribution < 1.29 is 4.79 Å². The molecular weight excluding hydrogens is 278 g/mol. The molecule has 19 heavy (non-hydrogen) atoms. The second-order valence-electron chi connectivity index (χ2n) is 4.58. The van der Waals surface area contributed by atoms with Gasteiger partial charge in [-0.2, -0.15) is 0 Å². The highest BCUT2D eigenvalue weighted by Gasteiger charge is 2.25. The third kappa shape index (κ3) is 2.56. The van der Waals surface area contributed by atoms with Gasteiger partial charge >= 0.3 is 0 Å². The maximum Gasteiger partial charge on any atom is 0.273 e. The van der Waals surface area contributed by atoms with Crippen molar-refractivity contribution in [3.05, 3.63) is 28.6 Å². The van der Waals surface area contributed by atoms with Crippen LogP contribution in [-0.4, -0.2) is 42.0 Å². The second-order valence-corrected chi connectivity index (χ2v) is 6.38. The van der Waals surface area contributed by atoms with Crippen LogP contribution in [0.3, 0.4) is 0 Å². The largest absolute Gasteiger partial charge is 0.336 e. The van der Waals surface area contributed by atoms with Gasteiger partial charge in [0.15, 0.2) is 0 Å². The van der Waals surface area contributed by atoms with Gasteiger partial charge in [-0.05, 0) is 24.4 Å². The molecule has 0 aliphatic carbocycles. The van der Waals surface area contributed by atoms with E-state index in [1.54, 1.807) is 11.3 Å². The zero-order chi connectivity index (χ0) is 13.2. The predicted molar refractivity (Wildman–Crippen MR) is 78.8 cm³/mol. The van der Waals surface area contributed by atoms with Crippen LogP contribution >= 0.6 is 22.7 Å². The van der Waals surface area contributed by atoms with Gasteiger partial charge in [-0.15, -0.1) is 22.7 Å². The maximum atomic E-state index is 12.4. The second kappa shape index (κ2) is 5.40. The molecule has 1 saturated heterocycles. The molecule has 1 aliphatic rings. The van der Waals surface area contributed by atoms with Crippen LogP contribution in [0.15, 0.2) is 22.9 Å². The Balaban J connectivity index is 1.76. The smallest absolute Gasteiger partial charge is 0.273 e. The molecule has 0 bridgehead atoms. The van der Waals surface area contributed by atoms with Crippen LogP contribution in [-0.2, 0) is 0 Å². The van der Waals surface area contributed by atoms with Crippen LogP contribution in [0.25, 0.3) is 9.88 Å². The van der Waals surface area contributed by atoms with Crippen LogP contribution in [0.4, 0.5) is 0 Å². The van der Waals surface area contributed by atoms with E-state index in [9.17, 15) is 4.79 Å². The van der Waals surface area contributed by atoms with Crippen molar-refractivity contribution in [1.82, 2.24) is 15.2 Å². The van der Waals surface area contributed by atoms with Gasteiger partial charge < -0.3 is 10.2 Å². The summed E-state index contributed by atoms with van der Waals surface area (Å²) in [6.45, 7) is 1.87. The number of carbonyl (C=O) groups excluding carboxylic acids is 1. The molecule has 0 saturated carbocycles. The number of thiazole rings is 1. The van der Waals surface area contributed by atoms with Crippen molar-refractivity contribution in [2.24, 2.45) is 0 Å². The minimum Gasteiger partial charge on any atom is -0.336 e. The van der Waals surface area contributed by atoms with Crippen LogP contribution in [0.5, 0.6) is 0 Å². The Morgan fingerprint density at radius 1 is 1.53 bits per heavy atom. The molecule has 3 heterocycles. The Morgan fingerprint density at radius 3 is 3.11 bits per heavy atom. The number of nitrogens with zero attached hydrogens (tertiary/aromatic N) is 2. The lowest BCUT2D eigenvalue weighted by molar-refractivity contribution is 0.0739. The summed E-state index contributed by atoms with van der Waals surface area (Å²) >= 11 is 3.18. The molecule has 100 valence electrons. The molecule has 1 aliphatic heterocycles. The summed E-state index contributed by atoms with van der Waals surface area (Å²) in [4.78, 5) is 19.8. The monoisotopic (exact) mass is 293 g/mol. The summed E-state index contributed by atoms with van der Waals surface area (Å²) in [5.41, 5.74) is 0.558. The van der Waals surface area contributed by atoms with Crippen molar-refractivity contribution in [3.8, 4) is 9.88 Å². The molecule has 1 amide bonds. The number of amides is 1. The molecule has 0 spiro atoms. The van der Waals surface area contributed by atoms with Crippen LogP contribution in [0.2, 0.25) is 0 Å². The summed E-state index contributed by atoms with van der Waals surface area (Å²) in [6, 6.07) is 4.32. The third-order valence-electron chi connectivity index (χ3n) is 3.36. The van der Waals surface area contributed by atoms with E-state index in [4.69, 9.17) is 0 Å². The van der Waals surface area contributed by atoms with Crippen molar-refractivity contribution in [2.45, 2.75) is 12.5 Å². The van der Waals surface area contributed by atoms with Gasteiger partial charge in [0.1, 0.15) is 10.7 Å². The van der Waals surface area contributed by atoms with Gasteiger partial charge in [-0.1, -0.05) is 6.07 Å². The van der Waals surface area contributed by atoms with E-state index in [-0.39, 0.29) is 5.91 Å². The number of likely N-dealkylation sites (N-methyl/N-ethyl adjacent to an activating group) is 1. The molecule has 0 radical (unpaired) electrons. The Kier molecular flexibility index (Phi) is 3.63. The highest BCUT2D eigenvalue weighted by Crippen LogP contribution is 2.28. The molecule has 4 nitrogen and oxygen atoms in total. The predicted octanol–water partition coefficient (Wildman–Crippen LogP) is 2.31. The number of aromatic nitrogens is 1. The quantitative estimate of drug-likeness (QED) is 0.944. The highest BCUT2D eigenvalue weighted by molar-refractivity contribution is 7.20. The number of hydrogen-bond donors (Lipinski definition) is 1. The van der Waals surface area contributed by atoms with Crippen molar-refractivity contribution in [2.75, 3.05) is 20.1 Å². The maximum absolute atomic E-state index is 12.4. The van der Waals surface area contributed by atoms with Crippen molar-refractivity contribution in [3.63, 3.8) is 0 Å². The number of rotatable bonds is 3. The molecule has 1 fully saturated rings. The number of thiophene rings is 1. The molecular formula is C13H15N3OS2. The molecule has 6 heteroatoms. The van der Waals surface area contributed by atoms with Crippen molar-refractivity contribution in [1.29, 1.82) is 0 Å². The van der Waals surface area contributed by atoms with Gasteiger partial charge in [-0.3, -0.25) is 4.79 Å². The summed E-state index contributed by atoms with van der Waals surface area (Å²) < 4.78 is 0. The first-order chi connectivity index (χ1) is 9.25. The molecule has 2 aromatic heterocycles. The fourth-order valence-corrected chi connectivity index (χ4v) is 3.81. The van der Waals surface area contributed by atoms with Crippen LogP contribution in [0.1, 0.15) is 16.9 Å². The third-order valence-corrected chi connectivity index (χ3v) is 5.24. The van der Waals surface area contributed by atoms with Gasteiger partial charge in [0.05, 0.1) is 4.88 Å². The number of carbonyl (C=O) groups is 1. The standard InChI is InChI=1S/C13H15N3OS2/c1-16(9-4-5-14-7-9)13(17)10-8-19-12(15-10)11-3-2-6-18-11/h2-3,6,8-9,14H,4-5,7H2,1H3.